The van der Waals surface area contributed by atoms with Gasteiger partial charge in [-0.15, -0.1) is 0 Å². The summed E-state index contributed by atoms with van der Waals surface area (Å²) in [6, 6.07) is 27.6. The SMILES string of the molecule is CC(C)c1ccc(NC2=C(Sc3ccccc3)C(=O)N(CCc3ccccc3)C2=O)cc1. The molecule has 0 fully saturated rings. The first-order valence-corrected chi connectivity index (χ1v) is 11.6. The average molecular weight is 443 g/mol. The highest BCUT2D eigenvalue weighted by Crippen LogP contribution is 2.36. The van der Waals surface area contributed by atoms with Gasteiger partial charge in [0.2, 0.25) is 0 Å². The lowest BCUT2D eigenvalue weighted by atomic mass is 10.0. The Labute approximate surface area is 193 Å². The number of anilines is 1. The lowest BCUT2D eigenvalue weighted by Crippen LogP contribution is -2.34. The monoisotopic (exact) mass is 442 g/mol. The van der Waals surface area contributed by atoms with Crippen LogP contribution in [0, 0.1) is 0 Å². The first-order chi connectivity index (χ1) is 15.5. The van der Waals surface area contributed by atoms with Crippen molar-refractivity contribution in [1.29, 1.82) is 0 Å². The number of imide groups is 1. The first kappa shape index (κ1) is 21.9. The van der Waals surface area contributed by atoms with Gasteiger partial charge in [0.15, 0.2) is 0 Å². The third-order valence-corrected chi connectivity index (χ3v) is 6.49. The number of nitrogens with one attached hydrogen (secondary N) is 1. The number of hydrogen-bond acceptors (Lipinski definition) is 4. The quantitative estimate of drug-likeness (QED) is 0.446. The molecular weight excluding hydrogens is 416 g/mol. The van der Waals surface area contributed by atoms with E-state index in [0.29, 0.717) is 29.5 Å². The number of rotatable bonds is 8. The molecule has 4 nitrogen and oxygen atoms in total. The molecule has 0 bridgehead atoms. The Balaban J connectivity index is 1.59. The summed E-state index contributed by atoms with van der Waals surface area (Å²) in [5.74, 6) is -0.103. The summed E-state index contributed by atoms with van der Waals surface area (Å²) in [6.45, 7) is 4.63. The van der Waals surface area contributed by atoms with Crippen LogP contribution in [0.3, 0.4) is 0 Å². The van der Waals surface area contributed by atoms with Crippen LogP contribution in [0.4, 0.5) is 5.69 Å². The molecule has 32 heavy (non-hydrogen) atoms. The van der Waals surface area contributed by atoms with Crippen molar-refractivity contribution in [2.45, 2.75) is 31.1 Å². The lowest BCUT2D eigenvalue weighted by molar-refractivity contribution is -0.137. The highest BCUT2D eigenvalue weighted by Gasteiger charge is 2.38. The number of carbonyl (C=O) groups excluding carboxylic acids is 2. The highest BCUT2D eigenvalue weighted by atomic mass is 32.2. The molecule has 0 saturated carbocycles. The van der Waals surface area contributed by atoms with Crippen molar-refractivity contribution in [2.75, 3.05) is 11.9 Å². The Hall–Kier alpha value is -3.31. The predicted octanol–water partition coefficient (Wildman–Crippen LogP) is 5.84. The molecule has 2 amide bonds. The van der Waals surface area contributed by atoms with Gasteiger partial charge in [-0.05, 0) is 47.7 Å². The molecule has 1 N–H and O–H groups in total. The van der Waals surface area contributed by atoms with Gasteiger partial charge in [-0.3, -0.25) is 14.5 Å². The van der Waals surface area contributed by atoms with Crippen LogP contribution in [0.15, 0.2) is 100 Å². The number of amides is 2. The Bertz CT molecular complexity index is 1120. The van der Waals surface area contributed by atoms with Crippen molar-refractivity contribution in [3.8, 4) is 0 Å². The fraction of sp³-hybridized carbons (Fsp3) is 0.185. The molecule has 0 saturated heterocycles. The lowest BCUT2D eigenvalue weighted by Gasteiger charge is -2.15. The molecule has 0 aromatic heterocycles. The van der Waals surface area contributed by atoms with Crippen LogP contribution in [-0.2, 0) is 16.0 Å². The first-order valence-electron chi connectivity index (χ1n) is 10.8. The van der Waals surface area contributed by atoms with Crippen molar-refractivity contribution in [1.82, 2.24) is 4.90 Å². The van der Waals surface area contributed by atoms with Crippen LogP contribution in [0.25, 0.3) is 0 Å². The molecule has 0 aliphatic carbocycles. The van der Waals surface area contributed by atoms with Crippen LogP contribution in [0.2, 0.25) is 0 Å². The Kier molecular flexibility index (Phi) is 6.76. The zero-order valence-corrected chi connectivity index (χ0v) is 19.1. The molecule has 5 heteroatoms. The largest absolute Gasteiger partial charge is 0.350 e. The van der Waals surface area contributed by atoms with E-state index in [1.807, 2.05) is 84.9 Å². The summed E-state index contributed by atoms with van der Waals surface area (Å²) in [4.78, 5) is 29.3. The van der Waals surface area contributed by atoms with E-state index in [1.54, 1.807) is 0 Å². The molecule has 4 rings (SSSR count). The normalized spacial score (nSPS) is 13.9. The van der Waals surface area contributed by atoms with E-state index in [2.05, 4.69) is 19.2 Å². The minimum Gasteiger partial charge on any atom is -0.350 e. The van der Waals surface area contributed by atoms with Gasteiger partial charge < -0.3 is 5.32 Å². The maximum absolute atomic E-state index is 13.3. The number of nitrogens with zero attached hydrogens (tertiary/aromatic N) is 1. The molecule has 162 valence electrons. The summed E-state index contributed by atoms with van der Waals surface area (Å²) >= 11 is 1.33. The standard InChI is InChI=1S/C27H26N2O2S/c1-19(2)21-13-15-22(16-14-21)28-24-25(32-23-11-7-4-8-12-23)27(31)29(26(24)30)18-17-20-9-5-3-6-10-20/h3-16,19,28H,17-18H2,1-2H3. The second kappa shape index (κ2) is 9.88. The Morgan fingerprint density at radius 2 is 1.44 bits per heavy atom. The number of hydrogen-bond donors (Lipinski definition) is 1. The molecule has 0 spiro atoms. The molecule has 1 aliphatic heterocycles. The van der Waals surface area contributed by atoms with Crippen LogP contribution in [0.5, 0.6) is 0 Å². The van der Waals surface area contributed by atoms with Gasteiger partial charge in [-0.2, -0.15) is 0 Å². The summed E-state index contributed by atoms with van der Waals surface area (Å²) in [7, 11) is 0. The van der Waals surface area contributed by atoms with Crippen LogP contribution >= 0.6 is 11.8 Å². The number of benzene rings is 3. The van der Waals surface area contributed by atoms with Crippen molar-refractivity contribution in [3.05, 3.63) is 107 Å². The zero-order valence-electron chi connectivity index (χ0n) is 18.2. The van der Waals surface area contributed by atoms with Crippen molar-refractivity contribution < 1.29 is 9.59 Å². The molecule has 0 atom stereocenters. The third kappa shape index (κ3) is 4.94. The topological polar surface area (TPSA) is 49.4 Å². The van der Waals surface area contributed by atoms with Gasteiger partial charge in [-0.25, -0.2) is 0 Å². The maximum Gasteiger partial charge on any atom is 0.278 e. The summed E-state index contributed by atoms with van der Waals surface area (Å²) in [5.41, 5.74) is 3.45. The van der Waals surface area contributed by atoms with Crippen LogP contribution in [0.1, 0.15) is 30.9 Å². The van der Waals surface area contributed by atoms with Gasteiger partial charge in [-0.1, -0.05) is 86.3 Å². The van der Waals surface area contributed by atoms with E-state index >= 15 is 0 Å². The molecule has 0 radical (unpaired) electrons. The third-order valence-electron chi connectivity index (χ3n) is 5.40. The van der Waals surface area contributed by atoms with E-state index in [0.717, 1.165) is 16.1 Å². The van der Waals surface area contributed by atoms with Crippen molar-refractivity contribution in [2.24, 2.45) is 0 Å². The highest BCUT2D eigenvalue weighted by molar-refractivity contribution is 8.04. The van der Waals surface area contributed by atoms with E-state index in [9.17, 15) is 9.59 Å². The molecule has 0 unspecified atom stereocenters. The summed E-state index contributed by atoms with van der Waals surface area (Å²) in [6.07, 6.45) is 0.623. The van der Waals surface area contributed by atoms with E-state index in [1.165, 1.54) is 22.2 Å². The van der Waals surface area contributed by atoms with E-state index < -0.39 is 0 Å². The van der Waals surface area contributed by atoms with Crippen LogP contribution in [-0.4, -0.2) is 23.3 Å². The van der Waals surface area contributed by atoms with Crippen molar-refractivity contribution >= 4 is 29.3 Å². The number of thioether (sulfide) groups is 1. The minimum atomic E-state index is -0.280. The van der Waals surface area contributed by atoms with Gasteiger partial charge in [0.1, 0.15) is 10.6 Å². The van der Waals surface area contributed by atoms with E-state index in [-0.39, 0.29) is 11.8 Å². The number of carbonyl (C=O) groups is 2. The summed E-state index contributed by atoms with van der Waals surface area (Å²) in [5, 5.41) is 3.23. The second-order valence-corrected chi connectivity index (χ2v) is 9.10. The average Bonchev–Trinajstić information content (AvgIpc) is 3.03. The Morgan fingerprint density at radius 3 is 2.06 bits per heavy atom. The molecular formula is C27H26N2O2S. The molecule has 3 aromatic rings. The van der Waals surface area contributed by atoms with Gasteiger partial charge in [0.25, 0.3) is 11.8 Å². The molecule has 3 aromatic carbocycles. The van der Waals surface area contributed by atoms with Crippen LogP contribution < -0.4 is 5.32 Å². The molecule has 1 heterocycles. The van der Waals surface area contributed by atoms with E-state index in [4.69, 9.17) is 0 Å². The van der Waals surface area contributed by atoms with Gasteiger partial charge in [0, 0.05) is 17.1 Å². The fourth-order valence-corrected chi connectivity index (χ4v) is 4.52. The molecule has 1 aliphatic rings. The zero-order chi connectivity index (χ0) is 22.5. The minimum absolute atomic E-state index is 0.249. The van der Waals surface area contributed by atoms with Gasteiger partial charge >= 0.3 is 0 Å². The van der Waals surface area contributed by atoms with Gasteiger partial charge in [0.05, 0.1) is 0 Å². The summed E-state index contributed by atoms with van der Waals surface area (Å²) < 4.78 is 0. The maximum atomic E-state index is 13.3. The fourth-order valence-electron chi connectivity index (χ4n) is 3.55. The Morgan fingerprint density at radius 1 is 0.812 bits per heavy atom. The smallest absolute Gasteiger partial charge is 0.278 e. The van der Waals surface area contributed by atoms with Crippen molar-refractivity contribution in [3.63, 3.8) is 0 Å². The predicted molar refractivity (Wildman–Crippen MR) is 130 cm³/mol. The second-order valence-electron chi connectivity index (χ2n) is 8.02.